The van der Waals surface area contributed by atoms with Gasteiger partial charge in [-0.3, -0.25) is 4.57 Å². The van der Waals surface area contributed by atoms with Crippen LogP contribution in [0.4, 0.5) is 0 Å². The van der Waals surface area contributed by atoms with E-state index in [-0.39, 0.29) is 17.3 Å². The average molecular weight is 261 g/mol. The number of H-pyrrole nitrogens is 1. The summed E-state index contributed by atoms with van der Waals surface area (Å²) in [6.07, 6.45) is 1.84. The molecule has 100 valence electrons. The number of aromatic amines is 1. The smallest absolute Gasteiger partial charge is 0.326 e. The van der Waals surface area contributed by atoms with Crippen LogP contribution in [0, 0.1) is 0 Å². The number of fused-ring (bicyclic) bond motifs is 1. The molecule has 1 fully saturated rings. The molecule has 0 amide bonds. The topological polar surface area (TPSA) is 94.5 Å². The summed E-state index contributed by atoms with van der Waals surface area (Å²) in [5.74, 6) is -1.22. The number of nitrogens with two attached hydrogens (primary N) is 1. The summed E-state index contributed by atoms with van der Waals surface area (Å²) in [6.45, 7) is 1.98. The fourth-order valence-corrected chi connectivity index (χ4v) is 2.78. The van der Waals surface area contributed by atoms with E-state index in [0.29, 0.717) is 11.0 Å². The molecule has 3 rings (SSSR count). The molecule has 6 heteroatoms. The Morgan fingerprint density at radius 2 is 2.11 bits per heavy atom. The van der Waals surface area contributed by atoms with Gasteiger partial charge in [-0.05, 0) is 17.7 Å². The molecule has 0 saturated carbocycles. The third-order valence-electron chi connectivity index (χ3n) is 3.73. The molecule has 0 atom stereocenters. The minimum absolute atomic E-state index is 0.0996. The molecule has 19 heavy (non-hydrogen) atoms. The van der Waals surface area contributed by atoms with Gasteiger partial charge >= 0.3 is 5.69 Å². The molecule has 0 bridgehead atoms. The maximum atomic E-state index is 12.1. The molecule has 1 aromatic carbocycles. The number of carbonyl (C=O) groups is 1. The molecule has 0 unspecified atom stereocenters. The van der Waals surface area contributed by atoms with Crippen molar-refractivity contribution in [2.75, 3.05) is 13.1 Å². The van der Waals surface area contributed by atoms with Crippen LogP contribution in [-0.2, 0) is 0 Å². The minimum atomic E-state index is -1.22. The van der Waals surface area contributed by atoms with Gasteiger partial charge in [-0.25, -0.2) is 4.79 Å². The van der Waals surface area contributed by atoms with Gasteiger partial charge in [-0.2, -0.15) is 0 Å². The van der Waals surface area contributed by atoms with Gasteiger partial charge in [0, 0.05) is 18.9 Å². The highest BCUT2D eigenvalue weighted by atomic mass is 16.4. The number of aromatic nitrogens is 2. The number of carboxylic acid groups (broad SMARTS) is 1. The molecule has 1 saturated heterocycles. The number of rotatable bonds is 2. The van der Waals surface area contributed by atoms with Crippen LogP contribution in [0.3, 0.4) is 0 Å². The molecule has 1 aliphatic rings. The Balaban J connectivity index is 2.16. The number of imidazole rings is 1. The zero-order valence-electron chi connectivity index (χ0n) is 10.4. The summed E-state index contributed by atoms with van der Waals surface area (Å²) >= 11 is 0. The molecule has 0 aliphatic carbocycles. The van der Waals surface area contributed by atoms with Crippen LogP contribution in [-0.4, -0.2) is 28.6 Å². The standard InChI is InChI=1S/C13H15N3O3/c17-12(18)8-1-2-10-11(7-8)16(13(19)15-10)9-3-5-14-6-4-9/h1-2,7,9,14H,3-6H2,(H,15,19)(H,17,18). The first kappa shape index (κ1) is 12.0. The molecule has 2 heterocycles. The van der Waals surface area contributed by atoms with E-state index in [0.717, 1.165) is 25.9 Å². The summed E-state index contributed by atoms with van der Waals surface area (Å²) in [4.78, 5) is 25.8. The van der Waals surface area contributed by atoms with Gasteiger partial charge in [0.15, 0.2) is 0 Å². The van der Waals surface area contributed by atoms with Gasteiger partial charge in [0.1, 0.15) is 0 Å². The normalized spacial score (nSPS) is 16.8. The third-order valence-corrected chi connectivity index (χ3v) is 3.73. The lowest BCUT2D eigenvalue weighted by Gasteiger charge is -2.21. The van der Waals surface area contributed by atoms with Gasteiger partial charge in [0.25, 0.3) is 0 Å². The van der Waals surface area contributed by atoms with Crippen molar-refractivity contribution in [1.82, 2.24) is 9.55 Å². The highest BCUT2D eigenvalue weighted by Gasteiger charge is 2.21. The van der Waals surface area contributed by atoms with Crippen molar-refractivity contribution in [3.05, 3.63) is 34.2 Å². The fourth-order valence-electron chi connectivity index (χ4n) is 2.78. The first-order valence-corrected chi connectivity index (χ1v) is 6.44. The lowest BCUT2D eigenvalue weighted by atomic mass is 10.1. The molecule has 1 aliphatic heterocycles. The Labute approximate surface area is 109 Å². The van der Waals surface area contributed by atoms with Gasteiger partial charge in [-0.1, -0.05) is 6.07 Å². The number of nitrogens with one attached hydrogen (secondary N) is 1. The number of carbonyl (C=O) groups excluding carboxylic acids is 1. The Bertz CT molecular complexity index is 680. The molecule has 0 radical (unpaired) electrons. The third kappa shape index (κ3) is 2.04. The molecule has 0 spiro atoms. The number of carboxylic acids is 1. The average Bonchev–Trinajstić information content (AvgIpc) is 2.74. The second kappa shape index (κ2) is 4.55. The zero-order chi connectivity index (χ0) is 13.4. The first-order chi connectivity index (χ1) is 9.16. The maximum Gasteiger partial charge on any atom is 0.326 e. The van der Waals surface area contributed by atoms with E-state index >= 15 is 0 Å². The Morgan fingerprint density at radius 1 is 1.37 bits per heavy atom. The van der Waals surface area contributed by atoms with E-state index in [2.05, 4.69) is 10.3 Å². The largest absolute Gasteiger partial charge is 0.545 e. The Hall–Kier alpha value is -2.08. The van der Waals surface area contributed by atoms with E-state index in [1.165, 1.54) is 12.1 Å². The van der Waals surface area contributed by atoms with E-state index in [4.69, 9.17) is 0 Å². The quantitative estimate of drug-likeness (QED) is 0.695. The number of nitrogens with zero attached hydrogens (tertiary/aromatic N) is 1. The van der Waals surface area contributed by atoms with Gasteiger partial charge in [-0.15, -0.1) is 0 Å². The highest BCUT2D eigenvalue weighted by molar-refractivity contribution is 5.91. The molecular formula is C13H15N3O3. The van der Waals surface area contributed by atoms with Crippen LogP contribution in [0.15, 0.2) is 23.0 Å². The summed E-state index contributed by atoms with van der Waals surface area (Å²) in [5.41, 5.74) is 1.25. The van der Waals surface area contributed by atoms with Gasteiger partial charge < -0.3 is 20.2 Å². The van der Waals surface area contributed by atoms with Crippen molar-refractivity contribution in [3.8, 4) is 0 Å². The van der Waals surface area contributed by atoms with Crippen molar-refractivity contribution in [2.24, 2.45) is 0 Å². The van der Waals surface area contributed by atoms with Crippen molar-refractivity contribution < 1.29 is 15.2 Å². The lowest BCUT2D eigenvalue weighted by Crippen LogP contribution is -2.86. The molecule has 1 aromatic heterocycles. The molecular weight excluding hydrogens is 246 g/mol. The maximum absolute atomic E-state index is 12.1. The second-order valence-corrected chi connectivity index (χ2v) is 4.92. The lowest BCUT2D eigenvalue weighted by molar-refractivity contribution is -0.664. The number of hydrogen-bond acceptors (Lipinski definition) is 3. The number of piperidine rings is 1. The van der Waals surface area contributed by atoms with Gasteiger partial charge in [0.2, 0.25) is 0 Å². The fraction of sp³-hybridized carbons (Fsp3) is 0.385. The van der Waals surface area contributed by atoms with E-state index in [1.807, 2.05) is 0 Å². The predicted octanol–water partition coefficient (Wildman–Crippen LogP) is -1.41. The van der Waals surface area contributed by atoms with Crippen LogP contribution in [0.2, 0.25) is 0 Å². The first-order valence-electron chi connectivity index (χ1n) is 6.44. The number of benzene rings is 1. The number of aromatic carboxylic acids is 1. The van der Waals surface area contributed by atoms with Crippen LogP contribution in [0.1, 0.15) is 29.2 Å². The molecule has 2 aromatic rings. The van der Waals surface area contributed by atoms with E-state index in [1.54, 1.807) is 10.6 Å². The number of hydrogen-bond donors (Lipinski definition) is 2. The number of quaternary nitrogens is 1. The second-order valence-electron chi connectivity index (χ2n) is 4.92. The minimum Gasteiger partial charge on any atom is -0.545 e. The summed E-state index contributed by atoms with van der Waals surface area (Å²) in [5, 5.41) is 13.2. The van der Waals surface area contributed by atoms with E-state index < -0.39 is 5.97 Å². The van der Waals surface area contributed by atoms with Crippen LogP contribution < -0.4 is 16.1 Å². The SMILES string of the molecule is O=C([O-])c1ccc2[nH]c(=O)n(C3CC[NH2+]CC3)c2c1. The Morgan fingerprint density at radius 3 is 2.79 bits per heavy atom. The van der Waals surface area contributed by atoms with Crippen molar-refractivity contribution in [2.45, 2.75) is 18.9 Å². The predicted molar refractivity (Wildman–Crippen MR) is 66.8 cm³/mol. The van der Waals surface area contributed by atoms with Crippen molar-refractivity contribution >= 4 is 17.0 Å². The summed E-state index contributed by atoms with van der Waals surface area (Å²) in [6, 6.07) is 4.73. The Kier molecular flexibility index (Phi) is 2.87. The van der Waals surface area contributed by atoms with Crippen molar-refractivity contribution in [1.29, 1.82) is 0 Å². The van der Waals surface area contributed by atoms with Crippen LogP contribution >= 0.6 is 0 Å². The molecule has 3 N–H and O–H groups in total. The summed E-state index contributed by atoms with van der Waals surface area (Å²) < 4.78 is 1.69. The monoisotopic (exact) mass is 261 g/mol. The van der Waals surface area contributed by atoms with E-state index in [9.17, 15) is 14.7 Å². The summed E-state index contributed by atoms with van der Waals surface area (Å²) in [7, 11) is 0. The zero-order valence-corrected chi connectivity index (χ0v) is 10.4. The van der Waals surface area contributed by atoms with Crippen LogP contribution in [0.25, 0.3) is 11.0 Å². The van der Waals surface area contributed by atoms with Crippen LogP contribution in [0.5, 0.6) is 0 Å². The highest BCUT2D eigenvalue weighted by Crippen LogP contribution is 2.21. The molecule has 6 nitrogen and oxygen atoms in total. The van der Waals surface area contributed by atoms with Gasteiger partial charge in [0.05, 0.1) is 30.1 Å². The van der Waals surface area contributed by atoms with Crippen molar-refractivity contribution in [3.63, 3.8) is 0 Å².